The predicted octanol–water partition coefficient (Wildman–Crippen LogP) is 0.549. The highest BCUT2D eigenvalue weighted by Gasteiger charge is 2.44. The molecule has 4 atom stereocenters. The van der Waals surface area contributed by atoms with Gasteiger partial charge in [0.2, 0.25) is 0 Å². The SMILES string of the molecule is CC(OC(=O)C1CC2CCC1C2)C(=O)NC(N)=O. The molecule has 0 saturated heterocycles. The van der Waals surface area contributed by atoms with Crippen LogP contribution in [-0.4, -0.2) is 24.0 Å². The van der Waals surface area contributed by atoms with E-state index in [4.69, 9.17) is 10.5 Å². The molecule has 18 heavy (non-hydrogen) atoms. The van der Waals surface area contributed by atoms with Gasteiger partial charge in [-0.25, -0.2) is 4.79 Å². The summed E-state index contributed by atoms with van der Waals surface area (Å²) < 4.78 is 5.09. The van der Waals surface area contributed by atoms with Crippen molar-refractivity contribution in [2.24, 2.45) is 23.5 Å². The third kappa shape index (κ3) is 2.63. The first-order valence-electron chi connectivity index (χ1n) is 6.28. The Labute approximate surface area is 105 Å². The number of carbonyl (C=O) groups is 3. The zero-order chi connectivity index (χ0) is 13.3. The minimum absolute atomic E-state index is 0.0763. The van der Waals surface area contributed by atoms with Crippen LogP contribution in [0.25, 0.3) is 0 Å². The summed E-state index contributed by atoms with van der Waals surface area (Å²) in [5.41, 5.74) is 4.82. The molecule has 4 unspecified atom stereocenters. The Kier molecular flexibility index (Phi) is 3.54. The first kappa shape index (κ1) is 12.9. The Hall–Kier alpha value is -1.59. The third-order valence-electron chi connectivity index (χ3n) is 3.95. The van der Waals surface area contributed by atoms with Gasteiger partial charge in [-0.2, -0.15) is 0 Å². The maximum atomic E-state index is 11.9. The van der Waals surface area contributed by atoms with E-state index in [9.17, 15) is 14.4 Å². The second kappa shape index (κ2) is 4.96. The molecule has 3 N–H and O–H groups in total. The van der Waals surface area contributed by atoms with Crippen molar-refractivity contribution in [2.75, 3.05) is 0 Å². The molecule has 2 rings (SSSR count). The predicted molar refractivity (Wildman–Crippen MR) is 62.2 cm³/mol. The van der Waals surface area contributed by atoms with E-state index in [-0.39, 0.29) is 11.9 Å². The van der Waals surface area contributed by atoms with E-state index in [1.165, 1.54) is 13.3 Å². The lowest BCUT2D eigenvalue weighted by Gasteiger charge is -2.21. The highest BCUT2D eigenvalue weighted by atomic mass is 16.5. The van der Waals surface area contributed by atoms with E-state index in [1.807, 2.05) is 5.32 Å². The number of esters is 1. The van der Waals surface area contributed by atoms with Gasteiger partial charge < -0.3 is 10.5 Å². The molecular formula is C12H18N2O4. The average Bonchev–Trinajstić information content (AvgIpc) is 2.89. The molecule has 3 amide bonds. The van der Waals surface area contributed by atoms with Crippen LogP contribution in [0.5, 0.6) is 0 Å². The smallest absolute Gasteiger partial charge is 0.318 e. The monoisotopic (exact) mass is 254 g/mol. The Morgan fingerprint density at radius 3 is 2.50 bits per heavy atom. The van der Waals surface area contributed by atoms with E-state index in [0.717, 1.165) is 19.3 Å². The van der Waals surface area contributed by atoms with Crippen molar-refractivity contribution in [3.05, 3.63) is 0 Å². The van der Waals surface area contributed by atoms with E-state index in [2.05, 4.69) is 0 Å². The average molecular weight is 254 g/mol. The van der Waals surface area contributed by atoms with Gasteiger partial charge in [0, 0.05) is 0 Å². The van der Waals surface area contributed by atoms with Gasteiger partial charge in [-0.15, -0.1) is 0 Å². The lowest BCUT2D eigenvalue weighted by atomic mass is 9.89. The number of fused-ring (bicyclic) bond motifs is 2. The highest BCUT2D eigenvalue weighted by molar-refractivity contribution is 5.96. The summed E-state index contributed by atoms with van der Waals surface area (Å²) >= 11 is 0. The van der Waals surface area contributed by atoms with Gasteiger partial charge in [0.1, 0.15) is 0 Å². The van der Waals surface area contributed by atoms with Gasteiger partial charge in [-0.3, -0.25) is 14.9 Å². The van der Waals surface area contributed by atoms with Gasteiger partial charge in [-0.05, 0) is 38.0 Å². The molecule has 2 fully saturated rings. The van der Waals surface area contributed by atoms with Crippen LogP contribution in [0.3, 0.4) is 0 Å². The molecule has 0 aromatic heterocycles. The van der Waals surface area contributed by atoms with Crippen LogP contribution in [0.1, 0.15) is 32.6 Å². The Balaban J connectivity index is 1.84. The topological polar surface area (TPSA) is 98.5 Å². The second-order valence-corrected chi connectivity index (χ2v) is 5.21. The van der Waals surface area contributed by atoms with E-state index < -0.39 is 18.0 Å². The maximum Gasteiger partial charge on any atom is 0.318 e. The van der Waals surface area contributed by atoms with Crippen molar-refractivity contribution >= 4 is 17.9 Å². The molecule has 0 radical (unpaired) electrons. The van der Waals surface area contributed by atoms with Crippen LogP contribution in [0.15, 0.2) is 0 Å². The van der Waals surface area contributed by atoms with Gasteiger partial charge in [0.15, 0.2) is 6.10 Å². The first-order chi connectivity index (χ1) is 8.47. The molecule has 6 nitrogen and oxygen atoms in total. The van der Waals surface area contributed by atoms with Crippen LogP contribution >= 0.6 is 0 Å². The third-order valence-corrected chi connectivity index (χ3v) is 3.95. The molecule has 2 aliphatic carbocycles. The number of hydrogen-bond donors (Lipinski definition) is 2. The van der Waals surface area contributed by atoms with Crippen molar-refractivity contribution < 1.29 is 19.1 Å². The van der Waals surface area contributed by atoms with E-state index in [1.54, 1.807) is 0 Å². The Morgan fingerprint density at radius 2 is 2.00 bits per heavy atom. The van der Waals surface area contributed by atoms with E-state index >= 15 is 0 Å². The van der Waals surface area contributed by atoms with Crippen molar-refractivity contribution in [3.63, 3.8) is 0 Å². The molecule has 2 saturated carbocycles. The molecule has 0 aliphatic heterocycles. The lowest BCUT2D eigenvalue weighted by Crippen LogP contribution is -2.43. The number of primary amides is 1. The normalized spacial score (nSPS) is 30.8. The van der Waals surface area contributed by atoms with Crippen LogP contribution in [0.2, 0.25) is 0 Å². The molecule has 100 valence electrons. The highest BCUT2D eigenvalue weighted by Crippen LogP contribution is 2.48. The fourth-order valence-corrected chi connectivity index (χ4v) is 3.07. The number of hydrogen-bond acceptors (Lipinski definition) is 4. The van der Waals surface area contributed by atoms with Crippen molar-refractivity contribution in [1.82, 2.24) is 5.32 Å². The second-order valence-electron chi connectivity index (χ2n) is 5.21. The fraction of sp³-hybridized carbons (Fsp3) is 0.750. The van der Waals surface area contributed by atoms with Gasteiger partial charge in [0.25, 0.3) is 5.91 Å². The molecule has 0 heterocycles. The molecular weight excluding hydrogens is 236 g/mol. The number of amides is 3. The summed E-state index contributed by atoms with van der Waals surface area (Å²) in [6.45, 7) is 1.43. The standard InChI is InChI=1S/C12H18N2O4/c1-6(10(15)14-12(13)17)18-11(16)9-5-7-2-3-8(9)4-7/h6-9H,2-5H2,1H3,(H3,13,14,15,17). The number of urea groups is 1. The molecule has 0 aromatic rings. The zero-order valence-corrected chi connectivity index (χ0v) is 10.3. The minimum Gasteiger partial charge on any atom is -0.452 e. The largest absolute Gasteiger partial charge is 0.452 e. The number of carbonyl (C=O) groups excluding carboxylic acids is 3. The summed E-state index contributed by atoms with van der Waals surface area (Å²) in [6, 6.07) is -0.942. The van der Waals surface area contributed by atoms with Gasteiger partial charge >= 0.3 is 12.0 Å². The number of nitrogens with two attached hydrogens (primary N) is 1. The molecule has 2 bridgehead atoms. The minimum atomic E-state index is -0.982. The molecule has 0 aromatic carbocycles. The Bertz CT molecular complexity index is 382. The van der Waals surface area contributed by atoms with Crippen LogP contribution in [0.4, 0.5) is 4.79 Å². The number of ether oxygens (including phenoxy) is 1. The van der Waals surface area contributed by atoms with Gasteiger partial charge in [-0.1, -0.05) is 6.42 Å². The first-order valence-corrected chi connectivity index (χ1v) is 6.28. The van der Waals surface area contributed by atoms with Crippen LogP contribution in [-0.2, 0) is 14.3 Å². The van der Waals surface area contributed by atoms with Crippen molar-refractivity contribution in [3.8, 4) is 0 Å². The molecule has 6 heteroatoms. The summed E-state index contributed by atoms with van der Waals surface area (Å²) in [6.07, 6.45) is 3.26. The maximum absolute atomic E-state index is 11.9. The van der Waals surface area contributed by atoms with Crippen molar-refractivity contribution in [2.45, 2.75) is 38.7 Å². The van der Waals surface area contributed by atoms with Crippen LogP contribution in [0, 0.1) is 17.8 Å². The van der Waals surface area contributed by atoms with E-state index in [0.29, 0.717) is 11.8 Å². The number of nitrogens with one attached hydrogen (secondary N) is 1. The summed E-state index contributed by atoms with van der Waals surface area (Å²) in [5.74, 6) is -0.0305. The number of imide groups is 1. The zero-order valence-electron chi connectivity index (χ0n) is 10.3. The summed E-state index contributed by atoms with van der Waals surface area (Å²) in [5, 5.41) is 1.90. The molecule has 2 aliphatic rings. The van der Waals surface area contributed by atoms with Crippen LogP contribution < -0.4 is 11.1 Å². The summed E-state index contributed by atoms with van der Waals surface area (Å²) in [7, 11) is 0. The van der Waals surface area contributed by atoms with Crippen molar-refractivity contribution in [1.29, 1.82) is 0 Å². The number of rotatable bonds is 3. The fourth-order valence-electron chi connectivity index (χ4n) is 3.07. The Morgan fingerprint density at radius 1 is 1.28 bits per heavy atom. The lowest BCUT2D eigenvalue weighted by molar-refractivity contribution is -0.160. The molecule has 0 spiro atoms. The summed E-state index contributed by atoms with van der Waals surface area (Å²) in [4.78, 5) is 33.8. The van der Waals surface area contributed by atoms with Gasteiger partial charge in [0.05, 0.1) is 5.92 Å². The quantitative estimate of drug-likeness (QED) is 0.718.